The highest BCUT2D eigenvalue weighted by Crippen LogP contribution is 2.22. The zero-order valence-electron chi connectivity index (χ0n) is 9.88. The van der Waals surface area contributed by atoms with Gasteiger partial charge in [0, 0.05) is 22.9 Å². The molecule has 4 heteroatoms. The minimum Gasteiger partial charge on any atom is -0.366 e. The lowest BCUT2D eigenvalue weighted by Gasteiger charge is -2.06. The van der Waals surface area contributed by atoms with Gasteiger partial charge in [0.25, 0.3) is 0 Å². The van der Waals surface area contributed by atoms with Gasteiger partial charge >= 0.3 is 0 Å². The Morgan fingerprint density at radius 2 is 1.89 bits per heavy atom. The molecule has 1 aromatic carbocycles. The average Bonchev–Trinajstić information content (AvgIpc) is 2.38. The van der Waals surface area contributed by atoms with Gasteiger partial charge in [-0.25, -0.2) is 0 Å². The lowest BCUT2D eigenvalue weighted by atomic mass is 10.0. The van der Waals surface area contributed by atoms with Crippen molar-refractivity contribution in [3.63, 3.8) is 0 Å². The molecule has 2 aromatic rings. The van der Waals surface area contributed by atoms with Crippen molar-refractivity contribution in [3.8, 4) is 11.3 Å². The molecule has 18 heavy (non-hydrogen) atoms. The van der Waals surface area contributed by atoms with E-state index in [1.807, 2.05) is 6.92 Å². The molecule has 1 amide bonds. The van der Waals surface area contributed by atoms with E-state index in [9.17, 15) is 9.59 Å². The molecule has 0 saturated carbocycles. The van der Waals surface area contributed by atoms with E-state index in [0.717, 1.165) is 17.4 Å². The summed E-state index contributed by atoms with van der Waals surface area (Å²) in [6, 6.07) is 8.49. The minimum absolute atomic E-state index is 0.430. The number of aryl methyl sites for hydroxylation is 1. The molecule has 0 spiro atoms. The van der Waals surface area contributed by atoms with Crippen LogP contribution in [0.25, 0.3) is 11.3 Å². The number of aromatic nitrogens is 1. The average molecular weight is 240 g/mol. The van der Waals surface area contributed by atoms with Crippen LogP contribution in [-0.2, 0) is 0 Å². The van der Waals surface area contributed by atoms with Crippen molar-refractivity contribution in [2.45, 2.75) is 6.92 Å². The van der Waals surface area contributed by atoms with E-state index < -0.39 is 5.91 Å². The Morgan fingerprint density at radius 3 is 2.44 bits per heavy atom. The summed E-state index contributed by atoms with van der Waals surface area (Å²) in [5, 5.41) is 0. The molecule has 0 unspecified atom stereocenters. The number of rotatable bonds is 3. The molecule has 0 saturated heterocycles. The lowest BCUT2D eigenvalue weighted by Crippen LogP contribution is -2.10. The van der Waals surface area contributed by atoms with Crippen LogP contribution in [0.5, 0.6) is 0 Å². The minimum atomic E-state index is -0.477. The van der Waals surface area contributed by atoms with Crippen LogP contribution in [0.2, 0.25) is 0 Å². The Kier molecular flexibility index (Phi) is 3.19. The van der Waals surface area contributed by atoms with Crippen molar-refractivity contribution < 1.29 is 9.59 Å². The van der Waals surface area contributed by atoms with E-state index >= 15 is 0 Å². The maximum Gasteiger partial charge on any atom is 0.248 e. The van der Waals surface area contributed by atoms with Gasteiger partial charge in [0.15, 0.2) is 6.29 Å². The zero-order chi connectivity index (χ0) is 13.1. The summed E-state index contributed by atoms with van der Waals surface area (Å²) in [6.45, 7) is 1.85. The van der Waals surface area contributed by atoms with Crippen molar-refractivity contribution in [1.29, 1.82) is 0 Å². The van der Waals surface area contributed by atoms with E-state index in [1.54, 1.807) is 36.5 Å². The SMILES string of the molecule is Cc1ccnc(-c2ccc(C(N)=O)cc2)c1C=O. The molecule has 0 bridgehead atoms. The third kappa shape index (κ3) is 2.13. The predicted molar refractivity (Wildman–Crippen MR) is 68.3 cm³/mol. The Hall–Kier alpha value is -2.49. The predicted octanol–water partition coefficient (Wildman–Crippen LogP) is 1.97. The second-order valence-corrected chi connectivity index (χ2v) is 3.95. The number of benzene rings is 1. The molecule has 90 valence electrons. The molecule has 0 aliphatic rings. The van der Waals surface area contributed by atoms with Gasteiger partial charge in [0.05, 0.1) is 5.69 Å². The number of amides is 1. The highest BCUT2D eigenvalue weighted by molar-refractivity contribution is 5.94. The number of hydrogen-bond donors (Lipinski definition) is 1. The maximum absolute atomic E-state index is 11.1. The maximum atomic E-state index is 11.1. The fraction of sp³-hybridized carbons (Fsp3) is 0.0714. The summed E-state index contributed by atoms with van der Waals surface area (Å²) in [7, 11) is 0. The number of carbonyl (C=O) groups excluding carboxylic acids is 2. The number of primary amides is 1. The van der Waals surface area contributed by atoms with Crippen molar-refractivity contribution in [2.75, 3.05) is 0 Å². The van der Waals surface area contributed by atoms with Crippen LogP contribution in [-0.4, -0.2) is 17.2 Å². The highest BCUT2D eigenvalue weighted by Gasteiger charge is 2.09. The van der Waals surface area contributed by atoms with E-state index in [2.05, 4.69) is 4.98 Å². The first kappa shape index (κ1) is 12.0. The zero-order valence-corrected chi connectivity index (χ0v) is 9.88. The van der Waals surface area contributed by atoms with E-state index in [-0.39, 0.29) is 0 Å². The summed E-state index contributed by atoms with van der Waals surface area (Å²) < 4.78 is 0. The molecule has 0 aliphatic heterocycles. The molecule has 1 aromatic heterocycles. The fourth-order valence-electron chi connectivity index (χ4n) is 1.74. The van der Waals surface area contributed by atoms with E-state index in [4.69, 9.17) is 5.73 Å². The van der Waals surface area contributed by atoms with Gasteiger partial charge in [-0.05, 0) is 30.7 Å². The molecular formula is C14H12N2O2. The van der Waals surface area contributed by atoms with Gasteiger partial charge in [-0.15, -0.1) is 0 Å². The monoisotopic (exact) mass is 240 g/mol. The van der Waals surface area contributed by atoms with Crippen molar-refractivity contribution in [3.05, 3.63) is 53.2 Å². The van der Waals surface area contributed by atoms with Crippen LogP contribution < -0.4 is 5.73 Å². The summed E-state index contributed by atoms with van der Waals surface area (Å²) >= 11 is 0. The van der Waals surface area contributed by atoms with Crippen LogP contribution >= 0.6 is 0 Å². The molecular weight excluding hydrogens is 228 g/mol. The second-order valence-electron chi connectivity index (χ2n) is 3.95. The molecule has 0 atom stereocenters. The molecule has 0 radical (unpaired) electrons. The molecule has 4 nitrogen and oxygen atoms in total. The summed E-state index contributed by atoms with van der Waals surface area (Å²) in [5.74, 6) is -0.477. The highest BCUT2D eigenvalue weighted by atomic mass is 16.1. The summed E-state index contributed by atoms with van der Waals surface area (Å²) in [5.41, 5.74) is 8.43. The van der Waals surface area contributed by atoms with Crippen LogP contribution in [0.15, 0.2) is 36.5 Å². The topological polar surface area (TPSA) is 73.0 Å². The number of carbonyl (C=O) groups is 2. The van der Waals surface area contributed by atoms with Gasteiger partial charge < -0.3 is 5.73 Å². The summed E-state index contributed by atoms with van der Waals surface area (Å²) in [6.07, 6.45) is 2.44. The smallest absolute Gasteiger partial charge is 0.248 e. The number of nitrogens with zero attached hydrogens (tertiary/aromatic N) is 1. The van der Waals surface area contributed by atoms with Crippen LogP contribution in [0.3, 0.4) is 0 Å². The lowest BCUT2D eigenvalue weighted by molar-refractivity contribution is 0.0999. The number of hydrogen-bond acceptors (Lipinski definition) is 3. The van der Waals surface area contributed by atoms with Crippen LogP contribution in [0, 0.1) is 6.92 Å². The van der Waals surface area contributed by atoms with Crippen LogP contribution in [0.1, 0.15) is 26.3 Å². The normalized spacial score (nSPS) is 10.1. The van der Waals surface area contributed by atoms with Crippen molar-refractivity contribution >= 4 is 12.2 Å². The first-order valence-corrected chi connectivity index (χ1v) is 5.44. The van der Waals surface area contributed by atoms with Crippen molar-refractivity contribution in [2.24, 2.45) is 5.73 Å². The largest absolute Gasteiger partial charge is 0.366 e. The first-order chi connectivity index (χ1) is 8.63. The quantitative estimate of drug-likeness (QED) is 0.833. The molecule has 0 aliphatic carbocycles. The fourth-order valence-corrected chi connectivity index (χ4v) is 1.74. The molecule has 2 N–H and O–H groups in total. The first-order valence-electron chi connectivity index (χ1n) is 5.44. The second kappa shape index (κ2) is 4.79. The number of pyridine rings is 1. The molecule has 1 heterocycles. The van der Waals surface area contributed by atoms with Crippen LogP contribution in [0.4, 0.5) is 0 Å². The Labute approximate surface area is 104 Å². The number of aldehydes is 1. The molecule has 0 fully saturated rings. The third-order valence-corrected chi connectivity index (χ3v) is 2.77. The molecule has 2 rings (SSSR count). The third-order valence-electron chi connectivity index (χ3n) is 2.77. The van der Waals surface area contributed by atoms with Gasteiger partial charge in [0.2, 0.25) is 5.91 Å². The van der Waals surface area contributed by atoms with Gasteiger partial charge in [-0.2, -0.15) is 0 Å². The van der Waals surface area contributed by atoms with Gasteiger partial charge in [0.1, 0.15) is 0 Å². The Bertz CT molecular complexity index is 604. The van der Waals surface area contributed by atoms with Crippen molar-refractivity contribution in [1.82, 2.24) is 4.98 Å². The van der Waals surface area contributed by atoms with Gasteiger partial charge in [-0.1, -0.05) is 12.1 Å². The standard InChI is InChI=1S/C14H12N2O2/c1-9-6-7-16-13(12(9)8-17)10-2-4-11(5-3-10)14(15)18/h2-8H,1H3,(H2,15,18). The Morgan fingerprint density at radius 1 is 1.22 bits per heavy atom. The van der Waals surface area contributed by atoms with Gasteiger partial charge in [-0.3, -0.25) is 14.6 Å². The summed E-state index contributed by atoms with van der Waals surface area (Å²) in [4.78, 5) is 26.3. The van der Waals surface area contributed by atoms with E-state index in [1.165, 1.54) is 0 Å². The number of nitrogens with two attached hydrogens (primary N) is 1. The Balaban J connectivity index is 2.52. The van der Waals surface area contributed by atoms with E-state index in [0.29, 0.717) is 16.8 Å².